The smallest absolute Gasteiger partial charge is 0.317 e. The van der Waals surface area contributed by atoms with Crippen molar-refractivity contribution in [2.24, 2.45) is 11.7 Å². The summed E-state index contributed by atoms with van der Waals surface area (Å²) in [4.78, 5) is 24.0. The monoisotopic (exact) mass is 435 g/mol. The van der Waals surface area contributed by atoms with Gasteiger partial charge in [0.1, 0.15) is 0 Å². The molecule has 1 aromatic heterocycles. The van der Waals surface area contributed by atoms with Gasteiger partial charge in [-0.25, -0.2) is 0 Å². The van der Waals surface area contributed by atoms with E-state index in [0.29, 0.717) is 6.54 Å². The zero-order valence-corrected chi connectivity index (χ0v) is 12.1. The predicted molar refractivity (Wildman–Crippen MR) is 61.2 cm³/mol. The van der Waals surface area contributed by atoms with E-state index in [1.165, 1.54) is 6.92 Å². The minimum atomic E-state index is -1.27. The predicted octanol–water partition coefficient (Wildman–Crippen LogP) is 0.720. The van der Waals surface area contributed by atoms with Crippen LogP contribution in [0.5, 0.6) is 0 Å². The minimum Gasteiger partial charge on any atom is -0.481 e. The van der Waals surface area contributed by atoms with Crippen LogP contribution in [-0.4, -0.2) is 27.1 Å². The molecular formula is C11H16N2O4Pt. The summed E-state index contributed by atoms with van der Waals surface area (Å²) in [5, 5.41) is 16.3. The van der Waals surface area contributed by atoms with Crippen LogP contribution in [0, 0.1) is 5.92 Å². The summed E-state index contributed by atoms with van der Waals surface area (Å²) in [7, 11) is 0. The molecule has 1 rings (SSSR count). The van der Waals surface area contributed by atoms with Gasteiger partial charge in [-0.15, -0.1) is 0 Å². The van der Waals surface area contributed by atoms with Crippen LogP contribution in [0.15, 0.2) is 24.4 Å². The molecule has 7 heteroatoms. The van der Waals surface area contributed by atoms with E-state index < -0.39 is 17.9 Å². The van der Waals surface area contributed by atoms with Crippen molar-refractivity contribution in [1.29, 1.82) is 0 Å². The van der Waals surface area contributed by atoms with E-state index in [4.69, 9.17) is 15.9 Å². The van der Waals surface area contributed by atoms with Crippen LogP contribution in [0.3, 0.4) is 0 Å². The maximum atomic E-state index is 9.99. The number of carboxylic acids is 2. The first-order valence-electron chi connectivity index (χ1n) is 5.08. The van der Waals surface area contributed by atoms with Crippen molar-refractivity contribution in [3.8, 4) is 0 Å². The van der Waals surface area contributed by atoms with Gasteiger partial charge in [0.2, 0.25) is 0 Å². The molecule has 0 aliphatic rings. The first-order valence-corrected chi connectivity index (χ1v) is 5.08. The van der Waals surface area contributed by atoms with E-state index in [2.05, 4.69) is 4.98 Å². The molecule has 0 saturated heterocycles. The van der Waals surface area contributed by atoms with Crippen LogP contribution in [0.1, 0.15) is 19.0 Å². The summed E-state index contributed by atoms with van der Waals surface area (Å²) in [6.45, 7) is 2.05. The van der Waals surface area contributed by atoms with E-state index in [0.717, 1.165) is 5.69 Å². The maximum absolute atomic E-state index is 9.99. The molecule has 0 atom stereocenters. The Kier molecular flexibility index (Phi) is 11.5. The molecule has 6 nitrogen and oxygen atoms in total. The van der Waals surface area contributed by atoms with Gasteiger partial charge >= 0.3 is 11.9 Å². The third-order valence-electron chi connectivity index (χ3n) is 1.94. The normalized spacial score (nSPS) is 8.83. The Labute approximate surface area is 119 Å². The van der Waals surface area contributed by atoms with Crippen molar-refractivity contribution in [3.63, 3.8) is 0 Å². The largest absolute Gasteiger partial charge is 0.481 e. The van der Waals surface area contributed by atoms with Crippen LogP contribution >= 0.6 is 0 Å². The van der Waals surface area contributed by atoms with Crippen molar-refractivity contribution >= 4 is 11.9 Å². The van der Waals surface area contributed by atoms with Gasteiger partial charge in [-0.05, 0) is 18.6 Å². The fourth-order valence-electron chi connectivity index (χ4n) is 0.974. The number of aromatic nitrogens is 1. The number of carbonyl (C=O) groups is 2. The Morgan fingerprint density at radius 3 is 2.06 bits per heavy atom. The zero-order valence-electron chi connectivity index (χ0n) is 9.85. The molecular weight excluding hydrogens is 419 g/mol. The quantitative estimate of drug-likeness (QED) is 0.601. The molecule has 0 aliphatic heterocycles. The Morgan fingerprint density at radius 2 is 1.89 bits per heavy atom. The first-order chi connectivity index (χ1) is 8.02. The van der Waals surface area contributed by atoms with Crippen molar-refractivity contribution in [1.82, 2.24) is 4.98 Å². The number of nitrogens with zero attached hydrogens (tertiary/aromatic N) is 1. The van der Waals surface area contributed by atoms with E-state index in [-0.39, 0.29) is 27.5 Å². The molecule has 0 aliphatic carbocycles. The zero-order chi connectivity index (χ0) is 13.3. The molecule has 0 saturated carbocycles. The molecule has 1 heterocycles. The molecule has 0 unspecified atom stereocenters. The molecule has 0 fully saturated rings. The van der Waals surface area contributed by atoms with Crippen LogP contribution in [0.25, 0.3) is 0 Å². The van der Waals surface area contributed by atoms with Gasteiger partial charge in [0.25, 0.3) is 0 Å². The van der Waals surface area contributed by atoms with E-state index in [9.17, 15) is 9.59 Å². The van der Waals surface area contributed by atoms with E-state index in [1.54, 1.807) is 6.20 Å². The van der Waals surface area contributed by atoms with Crippen LogP contribution < -0.4 is 5.73 Å². The molecule has 0 spiro atoms. The van der Waals surface area contributed by atoms with Crippen LogP contribution in [0.2, 0.25) is 0 Å². The molecule has 0 bridgehead atoms. The summed E-state index contributed by atoms with van der Waals surface area (Å²) in [6.07, 6.45) is 1.87. The van der Waals surface area contributed by atoms with Gasteiger partial charge in [0.15, 0.2) is 5.92 Å². The van der Waals surface area contributed by atoms with E-state index in [1.807, 2.05) is 18.2 Å². The number of hydrogen-bond acceptors (Lipinski definition) is 4. The van der Waals surface area contributed by atoms with Crippen molar-refractivity contribution in [2.75, 3.05) is 0 Å². The minimum absolute atomic E-state index is 0. The number of hydrogen-bond donors (Lipinski definition) is 3. The van der Waals surface area contributed by atoms with Crippen LogP contribution in [-0.2, 0) is 37.2 Å². The summed E-state index contributed by atoms with van der Waals surface area (Å²) >= 11 is 0. The van der Waals surface area contributed by atoms with Gasteiger partial charge in [0, 0.05) is 33.8 Å². The second-order valence-corrected chi connectivity index (χ2v) is 3.16. The number of rotatable bonds is 4. The first kappa shape index (κ1) is 19.1. The number of carboxylic acid groups (broad SMARTS) is 2. The van der Waals surface area contributed by atoms with Gasteiger partial charge in [-0.2, -0.15) is 0 Å². The number of aliphatic carboxylic acids is 2. The molecule has 0 amide bonds. The average Bonchev–Trinajstić information content (AvgIpc) is 2.31. The Bertz CT molecular complexity index is 345. The molecule has 1 aromatic rings. The van der Waals surface area contributed by atoms with Crippen molar-refractivity contribution in [3.05, 3.63) is 30.1 Å². The van der Waals surface area contributed by atoms with E-state index >= 15 is 0 Å². The van der Waals surface area contributed by atoms with Crippen LogP contribution in [0.4, 0.5) is 0 Å². The topological polar surface area (TPSA) is 114 Å². The fourth-order valence-corrected chi connectivity index (χ4v) is 0.974. The molecule has 0 aromatic carbocycles. The SMILES string of the molecule is CCC(C(=O)O)C(=O)O.NCc1ccccn1.[Pt]. The summed E-state index contributed by atoms with van der Waals surface area (Å²) in [5.41, 5.74) is 6.22. The fraction of sp³-hybridized carbons (Fsp3) is 0.364. The molecule has 18 heavy (non-hydrogen) atoms. The standard InChI is InChI=1S/C6H8N2.C5H8O4.Pt/c7-5-6-3-1-2-4-8-6;1-2-3(4(6)7)5(8)9;/h1-4H,5,7H2;3H,2H2,1H3,(H,6,7)(H,8,9);. The number of pyridine rings is 1. The van der Waals surface area contributed by atoms with Gasteiger partial charge in [-0.3, -0.25) is 14.6 Å². The summed E-state index contributed by atoms with van der Waals surface area (Å²) in [6, 6.07) is 5.70. The second kappa shape index (κ2) is 10.9. The van der Waals surface area contributed by atoms with Gasteiger partial charge in [0.05, 0.1) is 5.69 Å². The summed E-state index contributed by atoms with van der Waals surface area (Å²) < 4.78 is 0. The Hall–Kier alpha value is -1.26. The third kappa shape index (κ3) is 7.92. The second-order valence-electron chi connectivity index (χ2n) is 3.16. The Balaban J connectivity index is 0. The maximum Gasteiger partial charge on any atom is 0.317 e. The van der Waals surface area contributed by atoms with Gasteiger partial charge < -0.3 is 15.9 Å². The average molecular weight is 435 g/mol. The Morgan fingerprint density at radius 1 is 1.33 bits per heavy atom. The molecule has 4 N–H and O–H groups in total. The molecule has 104 valence electrons. The third-order valence-corrected chi connectivity index (χ3v) is 1.94. The summed E-state index contributed by atoms with van der Waals surface area (Å²) in [5.74, 6) is -3.79. The van der Waals surface area contributed by atoms with Crippen molar-refractivity contribution < 1.29 is 40.9 Å². The van der Waals surface area contributed by atoms with Gasteiger partial charge in [-0.1, -0.05) is 13.0 Å². The molecule has 0 radical (unpaired) electrons. The number of nitrogens with two attached hydrogens (primary N) is 1. The van der Waals surface area contributed by atoms with Crippen molar-refractivity contribution in [2.45, 2.75) is 19.9 Å².